The number of halogens is 1. The lowest BCUT2D eigenvalue weighted by Crippen LogP contribution is -1.98. The molecule has 1 aromatic rings. The molecule has 1 N–H and O–H groups in total. The van der Waals surface area contributed by atoms with Crippen molar-refractivity contribution >= 4 is 5.69 Å². The Hall–Kier alpha value is -1.13. The summed E-state index contributed by atoms with van der Waals surface area (Å²) in [4.78, 5) is 8.66. The molecule has 0 spiro atoms. The maximum atomic E-state index is 12.3. The number of hydrogen-bond acceptors (Lipinski definition) is 3. The molecule has 3 nitrogen and oxygen atoms in total. The first-order valence-electron chi connectivity index (χ1n) is 3.04. The predicted octanol–water partition coefficient (Wildman–Crippen LogP) is 1.73. The van der Waals surface area contributed by atoms with E-state index in [0.717, 1.165) is 0 Å². The molecule has 60 valence electrons. The highest BCUT2D eigenvalue weighted by Gasteiger charge is 1.90. The van der Waals surface area contributed by atoms with Crippen LogP contribution in [0.5, 0.6) is 0 Å². The van der Waals surface area contributed by atoms with Crippen LogP contribution in [0.4, 0.5) is 10.1 Å². The average Bonchev–Trinajstić information content (AvgIpc) is 2.04. The predicted molar refractivity (Wildman–Crippen MR) is 38.1 cm³/mol. The standard InChI is InChI=1S/C7H8FNO2/c1-10-11-9-7-4-2-6(8)3-5-7/h2-5,9H,1H3. The van der Waals surface area contributed by atoms with Gasteiger partial charge in [0.1, 0.15) is 5.82 Å². The van der Waals surface area contributed by atoms with E-state index in [2.05, 4.69) is 15.4 Å². The maximum absolute atomic E-state index is 12.3. The summed E-state index contributed by atoms with van der Waals surface area (Å²) in [7, 11) is 1.37. The van der Waals surface area contributed by atoms with E-state index in [1.807, 2.05) is 0 Å². The van der Waals surface area contributed by atoms with Gasteiger partial charge in [-0.3, -0.25) is 0 Å². The summed E-state index contributed by atoms with van der Waals surface area (Å²) in [6.07, 6.45) is 0. The molecule has 11 heavy (non-hydrogen) atoms. The van der Waals surface area contributed by atoms with Crippen molar-refractivity contribution in [3.05, 3.63) is 30.1 Å². The second-order valence-corrected chi connectivity index (χ2v) is 1.86. The van der Waals surface area contributed by atoms with E-state index in [9.17, 15) is 4.39 Å². The van der Waals surface area contributed by atoms with Crippen LogP contribution in [0.25, 0.3) is 0 Å². The zero-order valence-electron chi connectivity index (χ0n) is 6.00. The lowest BCUT2D eigenvalue weighted by atomic mass is 10.3. The minimum atomic E-state index is -0.284. The molecule has 0 amide bonds. The van der Waals surface area contributed by atoms with Crippen molar-refractivity contribution in [2.45, 2.75) is 0 Å². The molecule has 1 aromatic carbocycles. The van der Waals surface area contributed by atoms with Gasteiger partial charge in [-0.1, -0.05) is 0 Å². The molecule has 0 radical (unpaired) electrons. The molecule has 1 rings (SSSR count). The average molecular weight is 157 g/mol. The van der Waals surface area contributed by atoms with Gasteiger partial charge in [0.2, 0.25) is 0 Å². The monoisotopic (exact) mass is 157 g/mol. The quantitative estimate of drug-likeness (QED) is 0.535. The summed E-state index contributed by atoms with van der Waals surface area (Å²) in [5.41, 5.74) is 3.07. The van der Waals surface area contributed by atoms with E-state index < -0.39 is 0 Å². The Morgan fingerprint density at radius 3 is 2.45 bits per heavy atom. The Kier molecular flexibility index (Phi) is 2.83. The van der Waals surface area contributed by atoms with Gasteiger partial charge in [-0.15, -0.1) is 4.99 Å². The van der Waals surface area contributed by atoms with Crippen molar-refractivity contribution in [2.75, 3.05) is 12.6 Å². The first-order chi connectivity index (χ1) is 5.33. The van der Waals surface area contributed by atoms with Gasteiger partial charge < -0.3 is 0 Å². The molecule has 0 aliphatic rings. The topological polar surface area (TPSA) is 30.5 Å². The number of anilines is 1. The van der Waals surface area contributed by atoms with Gasteiger partial charge in [0, 0.05) is 0 Å². The zero-order valence-corrected chi connectivity index (χ0v) is 6.00. The molecule has 0 unspecified atom stereocenters. The van der Waals surface area contributed by atoms with E-state index in [-0.39, 0.29) is 5.82 Å². The Morgan fingerprint density at radius 1 is 1.27 bits per heavy atom. The Morgan fingerprint density at radius 2 is 1.91 bits per heavy atom. The van der Waals surface area contributed by atoms with Crippen LogP contribution in [-0.4, -0.2) is 7.11 Å². The van der Waals surface area contributed by atoms with Gasteiger partial charge in [0.05, 0.1) is 12.8 Å². The molecular formula is C7H8FNO2. The van der Waals surface area contributed by atoms with Crippen molar-refractivity contribution in [1.29, 1.82) is 0 Å². The molecule has 0 atom stereocenters. The fourth-order valence-electron chi connectivity index (χ4n) is 0.608. The Bertz CT molecular complexity index is 212. The Balaban J connectivity index is 2.52. The molecule has 0 aliphatic heterocycles. The minimum Gasteiger partial charge on any atom is -0.235 e. The van der Waals surface area contributed by atoms with Crippen LogP contribution < -0.4 is 5.48 Å². The van der Waals surface area contributed by atoms with Crippen LogP contribution in [0, 0.1) is 5.82 Å². The largest absolute Gasteiger partial charge is 0.235 e. The fourth-order valence-corrected chi connectivity index (χ4v) is 0.608. The lowest BCUT2D eigenvalue weighted by molar-refractivity contribution is -0.248. The number of hydrogen-bond donors (Lipinski definition) is 1. The van der Waals surface area contributed by atoms with Crippen LogP contribution in [0.3, 0.4) is 0 Å². The highest BCUT2D eigenvalue weighted by molar-refractivity contribution is 5.40. The van der Waals surface area contributed by atoms with Crippen molar-refractivity contribution in [3.8, 4) is 0 Å². The van der Waals surface area contributed by atoms with Gasteiger partial charge in [0.15, 0.2) is 0 Å². The second-order valence-electron chi connectivity index (χ2n) is 1.86. The van der Waals surface area contributed by atoms with Crippen LogP contribution in [-0.2, 0) is 9.88 Å². The molecule has 0 saturated carbocycles. The molecule has 0 aromatic heterocycles. The molecule has 0 saturated heterocycles. The third-order valence-electron chi connectivity index (χ3n) is 1.09. The number of benzene rings is 1. The van der Waals surface area contributed by atoms with Gasteiger partial charge in [-0.05, 0) is 24.3 Å². The summed E-state index contributed by atoms with van der Waals surface area (Å²) >= 11 is 0. The summed E-state index contributed by atoms with van der Waals surface area (Å²) in [6, 6.07) is 5.71. The van der Waals surface area contributed by atoms with Gasteiger partial charge in [-0.2, -0.15) is 0 Å². The molecular weight excluding hydrogens is 149 g/mol. The molecule has 0 fully saturated rings. The normalized spacial score (nSPS) is 9.64. The van der Waals surface area contributed by atoms with Crippen molar-refractivity contribution in [1.82, 2.24) is 0 Å². The first-order valence-corrected chi connectivity index (χ1v) is 3.04. The van der Waals surface area contributed by atoms with Crippen LogP contribution in [0.1, 0.15) is 0 Å². The second kappa shape index (κ2) is 3.90. The SMILES string of the molecule is COONc1ccc(F)cc1. The Labute approximate surface area is 63.6 Å². The third-order valence-corrected chi connectivity index (χ3v) is 1.09. The van der Waals surface area contributed by atoms with Crippen LogP contribution >= 0.6 is 0 Å². The fraction of sp³-hybridized carbons (Fsp3) is 0.143. The summed E-state index contributed by atoms with van der Waals surface area (Å²) in [5.74, 6) is -0.284. The van der Waals surface area contributed by atoms with Crippen LogP contribution in [0.15, 0.2) is 24.3 Å². The van der Waals surface area contributed by atoms with Crippen molar-refractivity contribution in [3.63, 3.8) is 0 Å². The molecule has 0 aliphatic carbocycles. The van der Waals surface area contributed by atoms with E-state index >= 15 is 0 Å². The highest BCUT2D eigenvalue weighted by Crippen LogP contribution is 2.07. The van der Waals surface area contributed by atoms with E-state index in [1.54, 1.807) is 0 Å². The first kappa shape index (κ1) is 7.97. The third kappa shape index (κ3) is 2.53. The molecule has 0 heterocycles. The van der Waals surface area contributed by atoms with Crippen molar-refractivity contribution in [2.24, 2.45) is 0 Å². The highest BCUT2D eigenvalue weighted by atomic mass is 19.1. The number of rotatable bonds is 3. The smallest absolute Gasteiger partial charge is 0.123 e. The van der Waals surface area contributed by atoms with E-state index in [0.29, 0.717) is 5.69 Å². The number of nitrogens with one attached hydrogen (secondary N) is 1. The lowest BCUT2D eigenvalue weighted by Gasteiger charge is -2.01. The maximum Gasteiger partial charge on any atom is 0.123 e. The van der Waals surface area contributed by atoms with Gasteiger partial charge in [0.25, 0.3) is 0 Å². The molecule has 0 bridgehead atoms. The summed E-state index contributed by atoms with van der Waals surface area (Å²) in [6.45, 7) is 0. The summed E-state index contributed by atoms with van der Waals surface area (Å²) in [5, 5.41) is 0. The molecule has 4 heteroatoms. The zero-order chi connectivity index (χ0) is 8.10. The van der Waals surface area contributed by atoms with E-state index in [4.69, 9.17) is 0 Å². The minimum absolute atomic E-state index is 0.284. The van der Waals surface area contributed by atoms with Crippen LogP contribution in [0.2, 0.25) is 0 Å². The summed E-state index contributed by atoms with van der Waals surface area (Å²) < 4.78 is 12.3. The van der Waals surface area contributed by atoms with Gasteiger partial charge in [-0.25, -0.2) is 14.8 Å². The van der Waals surface area contributed by atoms with Gasteiger partial charge >= 0.3 is 0 Å². The van der Waals surface area contributed by atoms with Crippen molar-refractivity contribution < 1.29 is 14.3 Å². The van der Waals surface area contributed by atoms with E-state index in [1.165, 1.54) is 31.4 Å².